The lowest BCUT2D eigenvalue weighted by atomic mass is 10.0. The van der Waals surface area contributed by atoms with Crippen molar-refractivity contribution in [3.8, 4) is 0 Å². The molecule has 1 aromatic rings. The van der Waals surface area contributed by atoms with Crippen molar-refractivity contribution >= 4 is 35.6 Å². The van der Waals surface area contributed by atoms with Crippen molar-refractivity contribution in [3.05, 3.63) is 35.9 Å². The Morgan fingerprint density at radius 1 is 0.872 bits per heavy atom. The molecule has 14 heteroatoms. The molecule has 0 saturated heterocycles. The van der Waals surface area contributed by atoms with E-state index >= 15 is 0 Å². The third-order valence-electron chi connectivity index (χ3n) is 5.58. The Balaban J connectivity index is 2.94. The van der Waals surface area contributed by atoms with Gasteiger partial charge in [0.25, 0.3) is 0 Å². The lowest BCUT2D eigenvalue weighted by Crippen LogP contribution is -2.58. The van der Waals surface area contributed by atoms with E-state index in [2.05, 4.69) is 20.9 Å². The predicted octanol–water partition coefficient (Wildman–Crippen LogP) is -1.93. The summed E-state index contributed by atoms with van der Waals surface area (Å²) >= 11 is 0. The van der Waals surface area contributed by atoms with Crippen molar-refractivity contribution in [2.45, 2.75) is 70.1 Å². The normalized spacial score (nSPS) is 13.8. The van der Waals surface area contributed by atoms with Crippen molar-refractivity contribution in [1.82, 2.24) is 16.0 Å². The van der Waals surface area contributed by atoms with Gasteiger partial charge in [0.2, 0.25) is 23.6 Å². The van der Waals surface area contributed by atoms with Crippen LogP contribution >= 0.6 is 0 Å². The van der Waals surface area contributed by atoms with E-state index in [-0.39, 0.29) is 37.7 Å². The van der Waals surface area contributed by atoms with Gasteiger partial charge >= 0.3 is 5.97 Å². The van der Waals surface area contributed by atoms with Crippen LogP contribution in [-0.4, -0.2) is 71.4 Å². The minimum absolute atomic E-state index is 0.0334. The zero-order valence-electron chi connectivity index (χ0n) is 22.3. The molecular formula is C25H40N8O6. The standard InChI is InChI=1S/C25H40N8O6/c1-14(2)11-17(22(36)33-19(24(38)39)12-15-7-4-3-5-8-15)32-23(37)18(13-20(27)34)31-21(35)16(26)9-6-10-30-25(28)29/h3-5,7-8,14,16-19H,6,9-13,26H2,1-2H3,(H2,27,34)(H,31,35)(H,32,37)(H,33,36)(H,38,39)(H4,28,29,30). The molecule has 0 aliphatic heterocycles. The predicted molar refractivity (Wildman–Crippen MR) is 145 cm³/mol. The molecule has 1 rings (SSSR count). The van der Waals surface area contributed by atoms with Crippen LogP contribution in [0.3, 0.4) is 0 Å². The van der Waals surface area contributed by atoms with E-state index in [0.29, 0.717) is 12.0 Å². The van der Waals surface area contributed by atoms with Crippen molar-refractivity contribution in [3.63, 3.8) is 0 Å². The smallest absolute Gasteiger partial charge is 0.326 e. The van der Waals surface area contributed by atoms with Gasteiger partial charge < -0.3 is 44.0 Å². The maximum Gasteiger partial charge on any atom is 0.326 e. The molecule has 12 N–H and O–H groups in total. The third-order valence-corrected chi connectivity index (χ3v) is 5.58. The number of hydrogen-bond donors (Lipinski definition) is 8. The lowest BCUT2D eigenvalue weighted by molar-refractivity contribution is -0.142. The van der Waals surface area contributed by atoms with E-state index in [1.165, 1.54) is 0 Å². The molecule has 0 saturated carbocycles. The summed E-state index contributed by atoms with van der Waals surface area (Å²) in [7, 11) is 0. The van der Waals surface area contributed by atoms with Gasteiger partial charge in [-0.2, -0.15) is 0 Å². The SMILES string of the molecule is CC(C)CC(NC(=O)C(CC(N)=O)NC(=O)C(N)CCCN=C(N)N)C(=O)NC(Cc1ccccc1)C(=O)O. The first-order valence-electron chi connectivity index (χ1n) is 12.6. The van der Waals surface area contributed by atoms with E-state index in [1.807, 2.05) is 13.8 Å². The highest BCUT2D eigenvalue weighted by molar-refractivity contribution is 5.96. The number of carbonyl (C=O) groups is 5. The Labute approximate surface area is 227 Å². The van der Waals surface area contributed by atoms with Crippen LogP contribution in [0.5, 0.6) is 0 Å². The number of nitrogens with two attached hydrogens (primary N) is 4. The maximum atomic E-state index is 13.1. The minimum atomic E-state index is -1.40. The first-order valence-corrected chi connectivity index (χ1v) is 12.6. The van der Waals surface area contributed by atoms with Crippen LogP contribution in [-0.2, 0) is 30.4 Å². The van der Waals surface area contributed by atoms with Crippen molar-refractivity contribution in [2.24, 2.45) is 33.8 Å². The molecule has 0 fully saturated rings. The number of aliphatic carboxylic acids is 1. The summed E-state index contributed by atoms with van der Waals surface area (Å²) in [6.45, 7) is 3.88. The van der Waals surface area contributed by atoms with Gasteiger partial charge in [0, 0.05) is 13.0 Å². The number of carboxylic acid groups (broad SMARTS) is 1. The number of carboxylic acids is 1. The fraction of sp³-hybridized carbons (Fsp3) is 0.520. The largest absolute Gasteiger partial charge is 0.480 e. The quantitative estimate of drug-likeness (QED) is 0.0611. The molecule has 0 aromatic heterocycles. The number of primary amides is 1. The second-order valence-electron chi connectivity index (χ2n) is 9.57. The maximum absolute atomic E-state index is 13.1. The number of amides is 4. The van der Waals surface area contributed by atoms with Crippen molar-refractivity contribution in [2.75, 3.05) is 6.54 Å². The summed E-state index contributed by atoms with van der Waals surface area (Å²) in [6.07, 6.45) is 0.246. The Kier molecular flexibility index (Phi) is 14.0. The van der Waals surface area contributed by atoms with Crippen molar-refractivity contribution in [1.29, 1.82) is 0 Å². The summed E-state index contributed by atoms with van der Waals surface area (Å²) < 4.78 is 0. The van der Waals surface area contributed by atoms with Crippen LogP contribution in [0.4, 0.5) is 0 Å². The molecule has 0 aliphatic rings. The highest BCUT2D eigenvalue weighted by Crippen LogP contribution is 2.09. The molecule has 0 aliphatic carbocycles. The summed E-state index contributed by atoms with van der Waals surface area (Å²) in [5.41, 5.74) is 22.4. The fourth-order valence-electron chi connectivity index (χ4n) is 3.64. The second-order valence-corrected chi connectivity index (χ2v) is 9.57. The van der Waals surface area contributed by atoms with Gasteiger partial charge in [0.1, 0.15) is 18.1 Å². The first-order chi connectivity index (χ1) is 18.3. The van der Waals surface area contributed by atoms with Crippen LogP contribution < -0.4 is 38.9 Å². The molecular weight excluding hydrogens is 508 g/mol. The highest BCUT2D eigenvalue weighted by Gasteiger charge is 2.31. The van der Waals surface area contributed by atoms with Gasteiger partial charge in [-0.1, -0.05) is 44.2 Å². The topological polar surface area (TPSA) is 258 Å². The molecule has 4 atom stereocenters. The van der Waals surface area contributed by atoms with E-state index in [4.69, 9.17) is 22.9 Å². The summed E-state index contributed by atoms with van der Waals surface area (Å²) in [6, 6.07) is 3.94. The van der Waals surface area contributed by atoms with Crippen LogP contribution in [0.2, 0.25) is 0 Å². The molecule has 0 heterocycles. The molecule has 0 radical (unpaired) electrons. The summed E-state index contributed by atoms with van der Waals surface area (Å²) in [5.74, 6) is -4.54. The number of carbonyl (C=O) groups excluding carboxylic acids is 4. The summed E-state index contributed by atoms with van der Waals surface area (Å²) in [4.78, 5) is 65.9. The Morgan fingerprint density at radius 2 is 1.44 bits per heavy atom. The van der Waals surface area contributed by atoms with Crippen LogP contribution in [0.15, 0.2) is 35.3 Å². The Morgan fingerprint density at radius 3 is 1.97 bits per heavy atom. The van der Waals surface area contributed by atoms with Gasteiger partial charge in [-0.3, -0.25) is 24.2 Å². The Bertz CT molecular complexity index is 1010. The van der Waals surface area contributed by atoms with Gasteiger partial charge in [-0.25, -0.2) is 4.79 Å². The van der Waals surface area contributed by atoms with E-state index in [0.717, 1.165) is 0 Å². The number of nitrogens with zero attached hydrogens (tertiary/aromatic N) is 1. The van der Waals surface area contributed by atoms with Gasteiger partial charge in [0.15, 0.2) is 5.96 Å². The molecule has 4 unspecified atom stereocenters. The average Bonchev–Trinajstić information content (AvgIpc) is 2.84. The monoisotopic (exact) mass is 548 g/mol. The number of hydrogen-bond acceptors (Lipinski definition) is 7. The van der Waals surface area contributed by atoms with Crippen LogP contribution in [0.25, 0.3) is 0 Å². The van der Waals surface area contributed by atoms with Crippen molar-refractivity contribution < 1.29 is 29.1 Å². The number of guanidine groups is 1. The third kappa shape index (κ3) is 13.2. The molecule has 216 valence electrons. The molecule has 39 heavy (non-hydrogen) atoms. The van der Waals surface area contributed by atoms with Gasteiger partial charge in [-0.05, 0) is 30.7 Å². The number of benzene rings is 1. The van der Waals surface area contributed by atoms with Gasteiger partial charge in [-0.15, -0.1) is 0 Å². The summed E-state index contributed by atoms with van der Waals surface area (Å²) in [5, 5.41) is 17.0. The Hall–Kier alpha value is -4.20. The molecule has 1 aromatic carbocycles. The highest BCUT2D eigenvalue weighted by atomic mass is 16.4. The molecule has 14 nitrogen and oxygen atoms in total. The van der Waals surface area contributed by atoms with Crippen LogP contribution in [0, 0.1) is 5.92 Å². The average molecular weight is 549 g/mol. The zero-order valence-corrected chi connectivity index (χ0v) is 22.3. The lowest BCUT2D eigenvalue weighted by Gasteiger charge is -2.25. The van der Waals surface area contributed by atoms with Crippen LogP contribution in [0.1, 0.15) is 45.1 Å². The van der Waals surface area contributed by atoms with E-state index in [1.54, 1.807) is 30.3 Å². The fourth-order valence-corrected chi connectivity index (χ4v) is 3.64. The number of nitrogens with one attached hydrogen (secondary N) is 3. The number of aliphatic imine (C=N–C) groups is 1. The molecule has 0 bridgehead atoms. The number of rotatable bonds is 17. The minimum Gasteiger partial charge on any atom is -0.480 e. The molecule has 0 spiro atoms. The van der Waals surface area contributed by atoms with E-state index in [9.17, 15) is 29.1 Å². The molecule has 4 amide bonds. The van der Waals surface area contributed by atoms with Gasteiger partial charge in [0.05, 0.1) is 12.5 Å². The first kappa shape index (κ1) is 32.8. The zero-order chi connectivity index (χ0) is 29.5. The van der Waals surface area contributed by atoms with E-state index < -0.39 is 60.2 Å². The second kappa shape index (κ2) is 16.6.